The van der Waals surface area contributed by atoms with Gasteiger partial charge in [0.25, 0.3) is 0 Å². The number of nitrogens with zero attached hydrogens (tertiary/aromatic N) is 4. The minimum Gasteiger partial charge on any atom is -0.314 e. The topological polar surface area (TPSA) is 86.9 Å². The number of benzene rings is 1. The highest BCUT2D eigenvalue weighted by Crippen LogP contribution is 2.37. The Kier molecular flexibility index (Phi) is 4.97. The van der Waals surface area contributed by atoms with Crippen LogP contribution < -0.4 is 0 Å². The molecule has 0 aliphatic carbocycles. The predicted octanol–water partition coefficient (Wildman–Crippen LogP) is 3.96. The summed E-state index contributed by atoms with van der Waals surface area (Å²) in [6.45, 7) is 1.85. The first-order chi connectivity index (χ1) is 15.6. The largest absolute Gasteiger partial charge is 0.314 e. The Morgan fingerprint density at radius 1 is 1.21 bits per heavy atom. The molecule has 0 saturated carbocycles. The molecule has 5 rings (SSSR count). The summed E-state index contributed by atoms with van der Waals surface area (Å²) >= 11 is 0. The molecule has 9 heteroatoms. The number of hydrogen-bond acceptors (Lipinski definition) is 5. The van der Waals surface area contributed by atoms with Crippen molar-refractivity contribution in [1.82, 2.24) is 19.3 Å². The van der Waals surface area contributed by atoms with E-state index in [1.54, 1.807) is 35.3 Å². The van der Waals surface area contributed by atoms with E-state index in [0.717, 1.165) is 16.9 Å². The second-order valence-corrected chi connectivity index (χ2v) is 11.3. The number of sulfone groups is 1. The van der Waals surface area contributed by atoms with Gasteiger partial charge in [-0.25, -0.2) is 12.8 Å². The fraction of sp³-hybridized carbons (Fsp3) is 0.292. The highest BCUT2D eigenvalue weighted by Gasteiger charge is 2.40. The van der Waals surface area contributed by atoms with E-state index in [1.165, 1.54) is 12.1 Å². The third-order valence-electron chi connectivity index (χ3n) is 6.34. The van der Waals surface area contributed by atoms with E-state index in [1.807, 2.05) is 30.8 Å². The lowest BCUT2D eigenvalue weighted by atomic mass is 9.83. The molecule has 33 heavy (non-hydrogen) atoms. The lowest BCUT2D eigenvalue weighted by molar-refractivity contribution is 0.0934. The van der Waals surface area contributed by atoms with Crippen LogP contribution in [0.4, 0.5) is 4.39 Å². The van der Waals surface area contributed by atoms with Gasteiger partial charge in [0, 0.05) is 48.9 Å². The van der Waals surface area contributed by atoms with E-state index in [9.17, 15) is 17.6 Å². The normalized spacial score (nSPS) is 19.8. The van der Waals surface area contributed by atoms with Crippen LogP contribution in [0.1, 0.15) is 30.1 Å². The van der Waals surface area contributed by atoms with Gasteiger partial charge in [-0.05, 0) is 48.2 Å². The fourth-order valence-corrected chi connectivity index (χ4v) is 6.86. The van der Waals surface area contributed by atoms with Gasteiger partial charge < -0.3 is 4.57 Å². The van der Waals surface area contributed by atoms with Crippen LogP contribution in [0.25, 0.3) is 28.0 Å². The van der Waals surface area contributed by atoms with Gasteiger partial charge in [0.15, 0.2) is 15.6 Å². The molecule has 4 aromatic rings. The number of ketones is 1. The molecule has 1 aliphatic heterocycles. The van der Waals surface area contributed by atoms with Crippen molar-refractivity contribution in [3.8, 4) is 16.9 Å². The Balaban J connectivity index is 1.60. The molecule has 0 bridgehead atoms. The van der Waals surface area contributed by atoms with Crippen LogP contribution in [0.5, 0.6) is 0 Å². The maximum atomic E-state index is 13.5. The molecule has 1 atom stereocenters. The number of aromatic nitrogens is 4. The van der Waals surface area contributed by atoms with Gasteiger partial charge in [-0.2, -0.15) is 5.10 Å². The quantitative estimate of drug-likeness (QED) is 0.416. The summed E-state index contributed by atoms with van der Waals surface area (Å²) in [5, 5.41) is 4.24. The van der Waals surface area contributed by atoms with Gasteiger partial charge in [-0.15, -0.1) is 0 Å². The van der Waals surface area contributed by atoms with Crippen molar-refractivity contribution < 1.29 is 17.6 Å². The maximum absolute atomic E-state index is 13.5. The molecule has 1 saturated heterocycles. The van der Waals surface area contributed by atoms with Gasteiger partial charge >= 0.3 is 0 Å². The first-order valence-corrected chi connectivity index (χ1v) is 12.5. The zero-order valence-electron chi connectivity index (χ0n) is 18.3. The molecule has 4 heterocycles. The second-order valence-electron chi connectivity index (χ2n) is 9.07. The predicted molar refractivity (Wildman–Crippen MR) is 124 cm³/mol. The van der Waals surface area contributed by atoms with Gasteiger partial charge in [0.1, 0.15) is 5.82 Å². The summed E-state index contributed by atoms with van der Waals surface area (Å²) in [7, 11) is -1.26. The van der Waals surface area contributed by atoms with Crippen molar-refractivity contribution in [3.63, 3.8) is 0 Å². The second kappa shape index (κ2) is 7.62. The van der Waals surface area contributed by atoms with Crippen LogP contribution in [0.15, 0.2) is 55.0 Å². The molecular formula is C24H23FN4O3S. The molecule has 3 aromatic heterocycles. The van der Waals surface area contributed by atoms with Crippen LogP contribution in [0.2, 0.25) is 0 Å². The molecule has 170 valence electrons. The Morgan fingerprint density at radius 2 is 1.97 bits per heavy atom. The first kappa shape index (κ1) is 21.5. The number of hydrogen-bond donors (Lipinski definition) is 0. The van der Waals surface area contributed by atoms with E-state index in [-0.39, 0.29) is 29.5 Å². The molecule has 1 fully saturated rings. The van der Waals surface area contributed by atoms with Gasteiger partial charge in [0.05, 0.1) is 28.2 Å². The molecular weight excluding hydrogens is 443 g/mol. The first-order valence-electron chi connectivity index (χ1n) is 10.6. The number of halogens is 1. The smallest absolute Gasteiger partial charge is 0.165 e. The fourth-order valence-electron chi connectivity index (χ4n) is 4.60. The van der Waals surface area contributed by atoms with Crippen molar-refractivity contribution in [3.05, 3.63) is 66.4 Å². The van der Waals surface area contributed by atoms with Crippen LogP contribution in [-0.4, -0.2) is 45.0 Å². The summed E-state index contributed by atoms with van der Waals surface area (Å²) in [4.78, 5) is 17.7. The third kappa shape index (κ3) is 3.97. The zero-order chi connectivity index (χ0) is 23.4. The average molecular weight is 467 g/mol. The lowest BCUT2D eigenvalue weighted by Gasteiger charge is -2.20. The summed E-state index contributed by atoms with van der Waals surface area (Å²) < 4.78 is 41.0. The number of fused-ring (bicyclic) bond motifs is 1. The molecule has 0 N–H and O–H groups in total. The standard InChI is InChI=1S/C24H23FN4O3S/c1-24(8-10-33(31,32)15-24)12-22(30)16-11-21-23(26-13-16)19(20-7-9-27-28(20)2)14-29(21)18-5-3-17(25)4-6-18/h3-7,9,11,13-14H,8,10,12,15H2,1-2H3/t24-/m1/s1. The highest BCUT2D eigenvalue weighted by molar-refractivity contribution is 7.91. The van der Waals surface area contributed by atoms with Crippen LogP contribution in [-0.2, 0) is 16.9 Å². The van der Waals surface area contributed by atoms with Crippen LogP contribution >= 0.6 is 0 Å². The number of pyridine rings is 1. The molecule has 7 nitrogen and oxygen atoms in total. The molecule has 0 amide bonds. The van der Waals surface area contributed by atoms with Gasteiger partial charge in [0.2, 0.25) is 0 Å². The van der Waals surface area contributed by atoms with E-state index in [0.29, 0.717) is 23.0 Å². The average Bonchev–Trinajstić information content (AvgIpc) is 3.43. The van der Waals surface area contributed by atoms with Crippen molar-refractivity contribution in [2.75, 3.05) is 11.5 Å². The number of rotatable bonds is 5. The Hall–Kier alpha value is -3.33. The van der Waals surface area contributed by atoms with E-state index < -0.39 is 15.3 Å². The number of carbonyl (C=O) groups excluding carboxylic acids is 1. The molecule has 0 spiro atoms. The molecule has 0 radical (unpaired) electrons. The zero-order valence-corrected chi connectivity index (χ0v) is 19.1. The summed E-state index contributed by atoms with van der Waals surface area (Å²) in [6, 6.07) is 9.76. The SMILES string of the molecule is Cn1nccc1-c1cn(-c2ccc(F)cc2)c2cc(C(=O)C[C@@]3(C)CCS(=O)(=O)C3)cnc12. The monoisotopic (exact) mass is 466 g/mol. The van der Waals surface area contributed by atoms with Crippen LogP contribution in [0, 0.1) is 11.2 Å². The summed E-state index contributed by atoms with van der Waals surface area (Å²) in [5.41, 5.74) is 3.67. The Labute approximate surface area is 190 Å². The van der Waals surface area contributed by atoms with E-state index >= 15 is 0 Å². The molecule has 0 unspecified atom stereocenters. The number of aryl methyl sites for hydroxylation is 1. The summed E-state index contributed by atoms with van der Waals surface area (Å²) in [5.74, 6) is -0.332. The van der Waals surface area contributed by atoms with E-state index in [2.05, 4.69) is 10.1 Å². The molecule has 1 aromatic carbocycles. The van der Waals surface area contributed by atoms with Crippen molar-refractivity contribution in [1.29, 1.82) is 0 Å². The van der Waals surface area contributed by atoms with Crippen LogP contribution in [0.3, 0.4) is 0 Å². The maximum Gasteiger partial charge on any atom is 0.165 e. The van der Waals surface area contributed by atoms with Crippen molar-refractivity contribution in [2.45, 2.75) is 19.8 Å². The number of Topliss-reactive ketones (excluding diaryl/α,β-unsaturated/α-hetero) is 1. The summed E-state index contributed by atoms with van der Waals surface area (Å²) in [6.07, 6.45) is 5.77. The van der Waals surface area contributed by atoms with Gasteiger partial charge in [-0.3, -0.25) is 14.5 Å². The minimum atomic E-state index is -3.10. The van der Waals surface area contributed by atoms with Gasteiger partial charge in [-0.1, -0.05) is 6.92 Å². The number of carbonyl (C=O) groups is 1. The minimum absolute atomic E-state index is 0.0258. The third-order valence-corrected chi connectivity index (χ3v) is 8.30. The highest BCUT2D eigenvalue weighted by atomic mass is 32.2. The van der Waals surface area contributed by atoms with Crippen molar-refractivity contribution in [2.24, 2.45) is 12.5 Å². The van der Waals surface area contributed by atoms with Crippen molar-refractivity contribution >= 4 is 26.7 Å². The lowest BCUT2D eigenvalue weighted by Crippen LogP contribution is -2.22. The Bertz CT molecular complexity index is 1490. The van der Waals surface area contributed by atoms with E-state index in [4.69, 9.17) is 0 Å². The Morgan fingerprint density at radius 3 is 2.61 bits per heavy atom. The molecule has 1 aliphatic rings.